The number of amides is 3. The van der Waals surface area contributed by atoms with Crippen LogP contribution in [0.15, 0.2) is 54.6 Å². The molecule has 35 heavy (non-hydrogen) atoms. The topological polar surface area (TPSA) is 115 Å². The summed E-state index contributed by atoms with van der Waals surface area (Å²) in [5, 5.41) is 8.27. The van der Waals surface area contributed by atoms with Crippen molar-refractivity contribution in [1.82, 2.24) is 0 Å². The number of halogens is 1. The standard InChI is InChI=1S/C25H24ClN3O6/c1-14(30)27-18-11-21(33-2)16(10-17(18)26)25(32)29-20-13-22(34-3)19(12-23(20)35-4)28-24(31)15-8-6-5-7-9-15/h5-13H,1-4H3,(H,27,30)(H,28,31)(H,29,32). The zero-order valence-electron chi connectivity index (χ0n) is 19.5. The number of carbonyl (C=O) groups is 3. The molecule has 0 aromatic heterocycles. The van der Waals surface area contributed by atoms with E-state index in [2.05, 4.69) is 16.0 Å². The van der Waals surface area contributed by atoms with E-state index in [9.17, 15) is 14.4 Å². The molecule has 0 aliphatic carbocycles. The van der Waals surface area contributed by atoms with Gasteiger partial charge in [0.05, 0.1) is 49.0 Å². The van der Waals surface area contributed by atoms with Gasteiger partial charge in [0.25, 0.3) is 11.8 Å². The monoisotopic (exact) mass is 497 g/mol. The predicted octanol–water partition coefficient (Wildman–Crippen LogP) is 4.83. The fourth-order valence-electron chi connectivity index (χ4n) is 3.25. The fourth-order valence-corrected chi connectivity index (χ4v) is 3.46. The molecule has 0 aliphatic heterocycles. The van der Waals surface area contributed by atoms with Crippen molar-refractivity contribution in [3.05, 3.63) is 70.7 Å². The zero-order chi connectivity index (χ0) is 25.5. The molecule has 0 aliphatic rings. The molecule has 0 unspecified atom stereocenters. The Hall–Kier alpha value is -4.24. The highest BCUT2D eigenvalue weighted by atomic mass is 35.5. The van der Waals surface area contributed by atoms with Crippen LogP contribution in [0.3, 0.4) is 0 Å². The molecule has 0 spiro atoms. The molecule has 10 heteroatoms. The largest absolute Gasteiger partial charge is 0.496 e. The van der Waals surface area contributed by atoms with Crippen LogP contribution in [0.1, 0.15) is 27.6 Å². The van der Waals surface area contributed by atoms with Gasteiger partial charge in [-0.25, -0.2) is 0 Å². The number of methoxy groups -OCH3 is 3. The quantitative estimate of drug-likeness (QED) is 0.410. The average Bonchev–Trinajstić information content (AvgIpc) is 2.85. The number of ether oxygens (including phenoxy) is 3. The van der Waals surface area contributed by atoms with Gasteiger partial charge in [-0.05, 0) is 18.2 Å². The van der Waals surface area contributed by atoms with E-state index in [1.165, 1.54) is 46.5 Å². The van der Waals surface area contributed by atoms with Crippen LogP contribution in [0.5, 0.6) is 17.2 Å². The summed E-state index contributed by atoms with van der Waals surface area (Å²) in [6, 6.07) is 14.6. The molecule has 3 amide bonds. The van der Waals surface area contributed by atoms with Gasteiger partial charge >= 0.3 is 0 Å². The van der Waals surface area contributed by atoms with Gasteiger partial charge < -0.3 is 30.2 Å². The second-order valence-corrected chi connectivity index (χ2v) is 7.65. The molecule has 0 heterocycles. The summed E-state index contributed by atoms with van der Waals surface area (Å²) in [7, 11) is 4.26. The summed E-state index contributed by atoms with van der Waals surface area (Å²) in [6.45, 7) is 1.34. The molecule has 0 saturated carbocycles. The first-order valence-corrected chi connectivity index (χ1v) is 10.7. The van der Waals surface area contributed by atoms with E-state index >= 15 is 0 Å². The average molecular weight is 498 g/mol. The smallest absolute Gasteiger partial charge is 0.259 e. The minimum atomic E-state index is -0.542. The van der Waals surface area contributed by atoms with Crippen molar-refractivity contribution in [3.8, 4) is 17.2 Å². The van der Waals surface area contributed by atoms with Crippen molar-refractivity contribution >= 4 is 46.4 Å². The maximum absolute atomic E-state index is 13.1. The van der Waals surface area contributed by atoms with Gasteiger partial charge in [0, 0.05) is 30.7 Å². The van der Waals surface area contributed by atoms with E-state index in [1.54, 1.807) is 30.3 Å². The Morgan fingerprint density at radius 3 is 1.71 bits per heavy atom. The van der Waals surface area contributed by atoms with E-state index in [1.807, 2.05) is 6.07 Å². The lowest BCUT2D eigenvalue weighted by molar-refractivity contribution is -0.114. The molecule has 0 fully saturated rings. The SMILES string of the molecule is COc1cc(NC(=O)c2cc(Cl)c(NC(C)=O)cc2OC)c(OC)cc1NC(=O)c1ccccc1. The lowest BCUT2D eigenvalue weighted by Gasteiger charge is -2.17. The van der Waals surface area contributed by atoms with E-state index in [4.69, 9.17) is 25.8 Å². The molecule has 3 N–H and O–H groups in total. The van der Waals surface area contributed by atoms with Crippen LogP contribution in [0.2, 0.25) is 5.02 Å². The Kier molecular flexibility index (Phi) is 8.17. The molecular formula is C25H24ClN3O6. The lowest BCUT2D eigenvalue weighted by Crippen LogP contribution is -2.16. The summed E-state index contributed by atoms with van der Waals surface area (Å²) >= 11 is 6.24. The van der Waals surface area contributed by atoms with Crippen molar-refractivity contribution < 1.29 is 28.6 Å². The van der Waals surface area contributed by atoms with Crippen LogP contribution in [0.4, 0.5) is 17.1 Å². The molecule has 0 radical (unpaired) electrons. The highest BCUT2D eigenvalue weighted by Crippen LogP contribution is 2.38. The molecular weight excluding hydrogens is 474 g/mol. The number of benzene rings is 3. The van der Waals surface area contributed by atoms with E-state index in [0.29, 0.717) is 22.7 Å². The Morgan fingerprint density at radius 1 is 0.686 bits per heavy atom. The normalized spacial score (nSPS) is 10.2. The predicted molar refractivity (Wildman–Crippen MR) is 134 cm³/mol. The van der Waals surface area contributed by atoms with Gasteiger partial charge in [-0.2, -0.15) is 0 Å². The number of anilines is 3. The first-order valence-electron chi connectivity index (χ1n) is 10.4. The van der Waals surface area contributed by atoms with Gasteiger partial charge in [0.2, 0.25) is 5.91 Å². The van der Waals surface area contributed by atoms with Crippen LogP contribution >= 0.6 is 11.6 Å². The van der Waals surface area contributed by atoms with Crippen LogP contribution in [-0.4, -0.2) is 39.1 Å². The van der Waals surface area contributed by atoms with Crippen LogP contribution in [0.25, 0.3) is 0 Å². The summed E-state index contributed by atoms with van der Waals surface area (Å²) in [5.74, 6) is -0.407. The zero-order valence-corrected chi connectivity index (χ0v) is 20.3. The molecule has 3 aromatic rings. The summed E-state index contributed by atoms with van der Waals surface area (Å²) in [5.41, 5.74) is 1.56. The molecule has 182 valence electrons. The Balaban J connectivity index is 1.91. The van der Waals surface area contributed by atoms with Gasteiger partial charge in [-0.15, -0.1) is 0 Å². The van der Waals surface area contributed by atoms with Crippen LogP contribution in [0, 0.1) is 0 Å². The first kappa shape index (κ1) is 25.4. The Morgan fingerprint density at radius 2 is 1.20 bits per heavy atom. The molecule has 0 saturated heterocycles. The number of nitrogens with one attached hydrogen (secondary N) is 3. The van der Waals surface area contributed by atoms with E-state index in [-0.39, 0.29) is 39.6 Å². The second-order valence-electron chi connectivity index (χ2n) is 7.24. The fraction of sp³-hybridized carbons (Fsp3) is 0.160. The number of hydrogen-bond acceptors (Lipinski definition) is 6. The lowest BCUT2D eigenvalue weighted by atomic mass is 10.1. The number of carbonyl (C=O) groups excluding carboxylic acids is 3. The van der Waals surface area contributed by atoms with Crippen molar-refractivity contribution in [3.63, 3.8) is 0 Å². The summed E-state index contributed by atoms with van der Waals surface area (Å²) in [4.78, 5) is 37.1. The first-order chi connectivity index (χ1) is 16.8. The summed E-state index contributed by atoms with van der Waals surface area (Å²) < 4.78 is 16.2. The van der Waals surface area contributed by atoms with Gasteiger partial charge in [-0.3, -0.25) is 14.4 Å². The van der Waals surface area contributed by atoms with Crippen molar-refractivity contribution in [2.24, 2.45) is 0 Å². The molecule has 0 bridgehead atoms. The van der Waals surface area contributed by atoms with E-state index < -0.39 is 5.91 Å². The molecule has 3 aromatic carbocycles. The van der Waals surface area contributed by atoms with Crippen LogP contribution < -0.4 is 30.2 Å². The van der Waals surface area contributed by atoms with Crippen LogP contribution in [-0.2, 0) is 4.79 Å². The third kappa shape index (κ3) is 6.01. The Labute approximate surface area is 207 Å². The van der Waals surface area contributed by atoms with Gasteiger partial charge in [0.1, 0.15) is 17.2 Å². The maximum Gasteiger partial charge on any atom is 0.259 e. The number of rotatable bonds is 8. The van der Waals surface area contributed by atoms with Crippen molar-refractivity contribution in [2.45, 2.75) is 6.92 Å². The molecule has 0 atom stereocenters. The summed E-state index contributed by atoms with van der Waals surface area (Å²) in [6.07, 6.45) is 0. The third-order valence-electron chi connectivity index (χ3n) is 4.90. The molecule has 9 nitrogen and oxygen atoms in total. The molecule has 3 rings (SSSR count). The van der Waals surface area contributed by atoms with Gasteiger partial charge in [0.15, 0.2) is 0 Å². The van der Waals surface area contributed by atoms with Crippen molar-refractivity contribution in [2.75, 3.05) is 37.3 Å². The third-order valence-corrected chi connectivity index (χ3v) is 5.21. The highest BCUT2D eigenvalue weighted by Gasteiger charge is 2.20. The van der Waals surface area contributed by atoms with Crippen molar-refractivity contribution in [1.29, 1.82) is 0 Å². The van der Waals surface area contributed by atoms with E-state index in [0.717, 1.165) is 0 Å². The number of hydrogen-bond donors (Lipinski definition) is 3. The maximum atomic E-state index is 13.1. The van der Waals surface area contributed by atoms with Gasteiger partial charge in [-0.1, -0.05) is 29.8 Å². The second kappa shape index (κ2) is 11.3. The minimum absolute atomic E-state index is 0.133. The minimum Gasteiger partial charge on any atom is -0.496 e. The Bertz CT molecular complexity index is 1260. The highest BCUT2D eigenvalue weighted by molar-refractivity contribution is 6.34.